The number of benzene rings is 2. The minimum Gasteiger partial charge on any atom is -0.486 e. The molecule has 2 aromatic carbocycles. The Morgan fingerprint density at radius 3 is 2.64 bits per heavy atom. The van der Waals surface area contributed by atoms with Gasteiger partial charge >= 0.3 is 0 Å². The molecule has 3 aromatic rings. The number of likely N-dealkylation sites (tertiary alicyclic amines) is 1. The van der Waals surface area contributed by atoms with Crippen LogP contribution in [0, 0.1) is 0 Å². The Balaban J connectivity index is 1.32. The molecular weight excluding hydrogens is 350 g/mol. The fourth-order valence-corrected chi connectivity index (χ4v) is 4.12. The van der Waals surface area contributed by atoms with Crippen LogP contribution in [0.3, 0.4) is 0 Å². The van der Waals surface area contributed by atoms with Gasteiger partial charge in [-0.15, -0.1) is 0 Å². The van der Waals surface area contributed by atoms with E-state index in [9.17, 15) is 0 Å². The number of rotatable bonds is 4. The zero-order chi connectivity index (χ0) is 18.8. The second-order valence-electron chi connectivity index (χ2n) is 7.32. The standard InChI is InChI=1S/C23H23N3O2/c1-2-21(19-7-8-22-23(14-19)28-13-12-27-22)26(11-1)16-17-3-5-18(6-4-17)20-15-24-9-10-25-20/h3-10,14-15,21H,1-2,11-13,16H2/t21-/m0/s1. The highest BCUT2D eigenvalue weighted by Crippen LogP contribution is 2.38. The van der Waals surface area contributed by atoms with E-state index >= 15 is 0 Å². The van der Waals surface area contributed by atoms with Crippen LogP contribution < -0.4 is 9.47 Å². The predicted molar refractivity (Wildman–Crippen MR) is 107 cm³/mol. The molecule has 3 heterocycles. The average Bonchev–Trinajstić information content (AvgIpc) is 3.23. The van der Waals surface area contributed by atoms with Crippen LogP contribution in [-0.2, 0) is 6.54 Å². The van der Waals surface area contributed by atoms with E-state index in [1.807, 2.05) is 0 Å². The van der Waals surface area contributed by atoms with E-state index in [2.05, 4.69) is 57.3 Å². The Bertz CT molecular complexity index is 944. The van der Waals surface area contributed by atoms with Gasteiger partial charge in [-0.3, -0.25) is 14.9 Å². The van der Waals surface area contributed by atoms with Gasteiger partial charge in [-0.25, -0.2) is 0 Å². The van der Waals surface area contributed by atoms with E-state index in [0.717, 1.165) is 35.8 Å². The maximum absolute atomic E-state index is 5.78. The highest BCUT2D eigenvalue weighted by Gasteiger charge is 2.27. The lowest BCUT2D eigenvalue weighted by atomic mass is 10.0. The third-order valence-corrected chi connectivity index (χ3v) is 5.51. The van der Waals surface area contributed by atoms with Crippen molar-refractivity contribution in [3.8, 4) is 22.8 Å². The van der Waals surface area contributed by atoms with Gasteiger partial charge in [0, 0.05) is 30.5 Å². The van der Waals surface area contributed by atoms with Crippen molar-refractivity contribution in [1.29, 1.82) is 0 Å². The Kier molecular flexibility index (Phi) is 4.67. The molecule has 1 atom stereocenters. The van der Waals surface area contributed by atoms with Gasteiger partial charge in [0.2, 0.25) is 0 Å². The molecule has 1 fully saturated rings. The van der Waals surface area contributed by atoms with Crippen LogP contribution in [0.25, 0.3) is 11.3 Å². The number of aromatic nitrogens is 2. The van der Waals surface area contributed by atoms with Crippen LogP contribution in [0.4, 0.5) is 0 Å². The van der Waals surface area contributed by atoms with Crippen molar-refractivity contribution in [3.05, 3.63) is 72.2 Å². The molecule has 1 saturated heterocycles. The van der Waals surface area contributed by atoms with Crippen LogP contribution in [0.2, 0.25) is 0 Å². The molecule has 0 radical (unpaired) electrons. The smallest absolute Gasteiger partial charge is 0.161 e. The lowest BCUT2D eigenvalue weighted by Gasteiger charge is -2.26. The molecule has 5 rings (SSSR count). The third-order valence-electron chi connectivity index (χ3n) is 5.51. The molecule has 142 valence electrons. The summed E-state index contributed by atoms with van der Waals surface area (Å²) < 4.78 is 11.4. The molecule has 0 unspecified atom stereocenters. The first-order chi connectivity index (χ1) is 13.9. The highest BCUT2D eigenvalue weighted by atomic mass is 16.6. The molecule has 0 saturated carbocycles. The Hall–Kier alpha value is -2.92. The van der Waals surface area contributed by atoms with Gasteiger partial charge in [-0.1, -0.05) is 30.3 Å². The molecule has 0 aliphatic carbocycles. The summed E-state index contributed by atoms with van der Waals surface area (Å²) in [6, 6.07) is 15.5. The largest absolute Gasteiger partial charge is 0.486 e. The second-order valence-corrected chi connectivity index (χ2v) is 7.32. The van der Waals surface area contributed by atoms with E-state index in [-0.39, 0.29) is 0 Å². The van der Waals surface area contributed by atoms with Crippen LogP contribution in [0.5, 0.6) is 11.5 Å². The van der Waals surface area contributed by atoms with E-state index in [0.29, 0.717) is 19.3 Å². The van der Waals surface area contributed by atoms with E-state index in [4.69, 9.17) is 9.47 Å². The Morgan fingerprint density at radius 2 is 1.82 bits per heavy atom. The summed E-state index contributed by atoms with van der Waals surface area (Å²) in [5, 5.41) is 0. The minimum absolute atomic E-state index is 0.426. The van der Waals surface area contributed by atoms with Gasteiger partial charge in [-0.2, -0.15) is 0 Å². The number of ether oxygens (including phenoxy) is 2. The van der Waals surface area contributed by atoms with Crippen molar-refractivity contribution in [3.63, 3.8) is 0 Å². The quantitative estimate of drug-likeness (QED) is 0.684. The summed E-state index contributed by atoms with van der Waals surface area (Å²) in [7, 11) is 0. The zero-order valence-electron chi connectivity index (χ0n) is 15.8. The van der Waals surface area contributed by atoms with E-state index < -0.39 is 0 Å². The average molecular weight is 373 g/mol. The van der Waals surface area contributed by atoms with Crippen molar-refractivity contribution in [2.45, 2.75) is 25.4 Å². The lowest BCUT2D eigenvalue weighted by molar-refractivity contribution is 0.170. The Morgan fingerprint density at radius 1 is 0.964 bits per heavy atom. The zero-order valence-corrected chi connectivity index (χ0v) is 15.8. The highest BCUT2D eigenvalue weighted by molar-refractivity contribution is 5.58. The van der Waals surface area contributed by atoms with Crippen molar-refractivity contribution in [2.75, 3.05) is 19.8 Å². The van der Waals surface area contributed by atoms with Gasteiger partial charge < -0.3 is 9.47 Å². The van der Waals surface area contributed by atoms with Crippen molar-refractivity contribution < 1.29 is 9.47 Å². The first-order valence-electron chi connectivity index (χ1n) is 9.86. The molecule has 2 aliphatic rings. The molecule has 0 amide bonds. The van der Waals surface area contributed by atoms with Crippen molar-refractivity contribution in [2.24, 2.45) is 0 Å². The molecule has 5 nitrogen and oxygen atoms in total. The third kappa shape index (κ3) is 3.45. The van der Waals surface area contributed by atoms with E-state index in [1.165, 1.54) is 24.0 Å². The van der Waals surface area contributed by atoms with Gasteiger partial charge in [0.05, 0.1) is 11.9 Å². The Labute approximate surface area is 165 Å². The molecule has 0 spiro atoms. The molecule has 0 N–H and O–H groups in total. The second kappa shape index (κ2) is 7.60. The molecule has 2 aliphatic heterocycles. The number of nitrogens with zero attached hydrogens (tertiary/aromatic N) is 3. The summed E-state index contributed by atoms with van der Waals surface area (Å²) in [6.45, 7) is 3.32. The van der Waals surface area contributed by atoms with Crippen LogP contribution in [0.15, 0.2) is 61.1 Å². The van der Waals surface area contributed by atoms with Gasteiger partial charge in [0.1, 0.15) is 13.2 Å². The molecular formula is C23H23N3O2. The molecule has 1 aromatic heterocycles. The fourth-order valence-electron chi connectivity index (χ4n) is 4.12. The van der Waals surface area contributed by atoms with E-state index in [1.54, 1.807) is 18.6 Å². The summed E-state index contributed by atoms with van der Waals surface area (Å²) >= 11 is 0. The molecule has 0 bridgehead atoms. The van der Waals surface area contributed by atoms with Crippen LogP contribution in [-0.4, -0.2) is 34.6 Å². The maximum Gasteiger partial charge on any atom is 0.161 e. The van der Waals surface area contributed by atoms with Crippen molar-refractivity contribution in [1.82, 2.24) is 14.9 Å². The first-order valence-corrected chi connectivity index (χ1v) is 9.86. The lowest BCUT2D eigenvalue weighted by Crippen LogP contribution is -2.23. The minimum atomic E-state index is 0.426. The molecule has 5 heteroatoms. The summed E-state index contributed by atoms with van der Waals surface area (Å²) in [4.78, 5) is 11.1. The SMILES string of the molecule is c1cnc(-c2ccc(CN3CCC[C@H]3c3ccc4c(c3)OCCO4)cc2)cn1. The first kappa shape index (κ1) is 17.2. The number of hydrogen-bond donors (Lipinski definition) is 0. The molecule has 28 heavy (non-hydrogen) atoms. The van der Waals surface area contributed by atoms with Gasteiger partial charge in [0.15, 0.2) is 11.5 Å². The topological polar surface area (TPSA) is 47.5 Å². The van der Waals surface area contributed by atoms with Crippen LogP contribution in [0.1, 0.15) is 30.0 Å². The maximum atomic E-state index is 5.78. The normalized spacial score (nSPS) is 18.9. The summed E-state index contributed by atoms with van der Waals surface area (Å²) in [5.41, 5.74) is 4.64. The predicted octanol–water partition coefficient (Wildman–Crippen LogP) is 4.25. The fraction of sp³-hybridized carbons (Fsp3) is 0.304. The van der Waals surface area contributed by atoms with Gasteiger partial charge in [0.25, 0.3) is 0 Å². The van der Waals surface area contributed by atoms with Gasteiger partial charge in [-0.05, 0) is 42.6 Å². The van der Waals surface area contributed by atoms with Crippen LogP contribution >= 0.6 is 0 Å². The monoisotopic (exact) mass is 373 g/mol. The summed E-state index contributed by atoms with van der Waals surface area (Å²) in [6.07, 6.45) is 7.62. The van der Waals surface area contributed by atoms with Crippen molar-refractivity contribution >= 4 is 0 Å². The summed E-state index contributed by atoms with van der Waals surface area (Å²) in [5.74, 6) is 1.74. The number of fused-ring (bicyclic) bond motifs is 1. The number of hydrogen-bond acceptors (Lipinski definition) is 5.